The van der Waals surface area contributed by atoms with Gasteiger partial charge in [0.1, 0.15) is 5.75 Å². The largest absolute Gasteiger partial charge is 0.493 e. The molecular weight excluding hydrogens is 665 g/mol. The lowest BCUT2D eigenvalue weighted by Gasteiger charge is -2.14. The Kier molecular flexibility index (Phi) is 19.9. The Balaban J connectivity index is 1.21. The van der Waals surface area contributed by atoms with Crippen molar-refractivity contribution in [3.05, 3.63) is 89.7 Å². The Morgan fingerprint density at radius 1 is 0.500 bits per heavy atom. The summed E-state index contributed by atoms with van der Waals surface area (Å²) in [5.41, 5.74) is 8.74. The fourth-order valence-corrected chi connectivity index (χ4v) is 7.20. The van der Waals surface area contributed by atoms with Crippen molar-refractivity contribution in [1.82, 2.24) is 9.97 Å². The molecule has 4 aromatic rings. The van der Waals surface area contributed by atoms with Gasteiger partial charge in [0.05, 0.1) is 30.2 Å². The summed E-state index contributed by atoms with van der Waals surface area (Å²) in [5, 5.41) is 0. The van der Waals surface area contributed by atoms with Crippen LogP contribution in [0.3, 0.4) is 0 Å². The molecule has 0 aliphatic rings. The first-order valence-electron chi connectivity index (χ1n) is 21.4. The number of hydrogen-bond donors (Lipinski definition) is 0. The monoisotopic (exact) mass is 733 g/mol. The molecular formula is C49H68N2O3. The van der Waals surface area contributed by atoms with Crippen LogP contribution in [0.4, 0.5) is 0 Å². The molecule has 0 unspecified atom stereocenters. The number of unbranched alkanes of at least 4 members (excludes halogenated alkanes) is 18. The van der Waals surface area contributed by atoms with E-state index in [1.54, 1.807) is 12.3 Å². The van der Waals surface area contributed by atoms with E-state index in [1.165, 1.54) is 109 Å². The molecule has 2 aromatic carbocycles. The minimum absolute atomic E-state index is 0.306. The Labute approximate surface area is 327 Å². The Morgan fingerprint density at radius 3 is 1.46 bits per heavy atom. The Hall–Kier alpha value is -3.99. The lowest BCUT2D eigenvalue weighted by molar-refractivity contribution is 0.0497. The highest BCUT2D eigenvalue weighted by Gasteiger charge is 2.12. The maximum Gasteiger partial charge on any atom is 0.339 e. The van der Waals surface area contributed by atoms with Crippen molar-refractivity contribution in [2.75, 3.05) is 13.2 Å². The van der Waals surface area contributed by atoms with Crippen LogP contribution in [-0.2, 0) is 4.74 Å². The zero-order chi connectivity index (χ0) is 38.2. The van der Waals surface area contributed by atoms with Gasteiger partial charge in [-0.3, -0.25) is 9.97 Å². The fraction of sp³-hybridized carbons (Fsp3) is 0.531. The molecule has 0 saturated carbocycles. The molecule has 0 aliphatic carbocycles. The third-order valence-corrected chi connectivity index (χ3v) is 10.5. The van der Waals surface area contributed by atoms with E-state index < -0.39 is 0 Å². The molecule has 2 heterocycles. The maximum atomic E-state index is 12.6. The van der Waals surface area contributed by atoms with Crippen LogP contribution >= 0.6 is 0 Å². The molecule has 0 fully saturated rings. The molecule has 2 aromatic heterocycles. The zero-order valence-corrected chi connectivity index (χ0v) is 34.1. The Bertz CT molecular complexity index is 1610. The van der Waals surface area contributed by atoms with E-state index in [0.717, 1.165) is 76.4 Å². The van der Waals surface area contributed by atoms with Gasteiger partial charge in [-0.1, -0.05) is 154 Å². The second-order valence-corrected chi connectivity index (χ2v) is 15.2. The predicted molar refractivity (Wildman–Crippen MR) is 227 cm³/mol. The summed E-state index contributed by atoms with van der Waals surface area (Å²) in [5.74, 6) is 0.707. The highest BCUT2D eigenvalue weighted by atomic mass is 16.5. The lowest BCUT2D eigenvalue weighted by Crippen LogP contribution is -2.07. The molecule has 5 heteroatoms. The number of ether oxygens (including phenoxy) is 2. The number of carbonyl (C=O) groups is 1. The third-order valence-electron chi connectivity index (χ3n) is 10.5. The van der Waals surface area contributed by atoms with Gasteiger partial charge in [0, 0.05) is 29.1 Å². The van der Waals surface area contributed by atoms with E-state index in [9.17, 15) is 4.79 Å². The third kappa shape index (κ3) is 15.0. The highest BCUT2D eigenvalue weighted by Crippen LogP contribution is 2.32. The van der Waals surface area contributed by atoms with Crippen LogP contribution in [0, 0.1) is 13.8 Å². The molecule has 0 aliphatic heterocycles. The van der Waals surface area contributed by atoms with Gasteiger partial charge < -0.3 is 9.47 Å². The van der Waals surface area contributed by atoms with Crippen LogP contribution in [-0.4, -0.2) is 29.2 Å². The molecule has 0 atom stereocenters. The number of nitrogens with zero attached hydrogens (tertiary/aromatic N) is 2. The van der Waals surface area contributed by atoms with E-state index in [2.05, 4.69) is 69.1 Å². The molecule has 0 N–H and O–H groups in total. The summed E-state index contributed by atoms with van der Waals surface area (Å²) in [7, 11) is 0. The number of rotatable bonds is 27. The van der Waals surface area contributed by atoms with Gasteiger partial charge in [0.15, 0.2) is 0 Å². The number of aryl methyl sites for hydroxylation is 2. The molecule has 54 heavy (non-hydrogen) atoms. The van der Waals surface area contributed by atoms with Crippen LogP contribution in [0.5, 0.6) is 5.75 Å². The molecule has 0 bridgehead atoms. The van der Waals surface area contributed by atoms with Crippen LogP contribution in [0.15, 0.2) is 73.1 Å². The summed E-state index contributed by atoms with van der Waals surface area (Å²) in [4.78, 5) is 22.1. The van der Waals surface area contributed by atoms with Gasteiger partial charge in [-0.15, -0.1) is 0 Å². The topological polar surface area (TPSA) is 61.3 Å². The first-order valence-corrected chi connectivity index (χ1v) is 21.4. The van der Waals surface area contributed by atoms with E-state index >= 15 is 0 Å². The highest BCUT2D eigenvalue weighted by molar-refractivity contribution is 5.89. The smallest absolute Gasteiger partial charge is 0.339 e. The van der Waals surface area contributed by atoms with Crippen LogP contribution in [0.25, 0.3) is 33.6 Å². The normalized spacial score (nSPS) is 11.2. The van der Waals surface area contributed by atoms with Crippen molar-refractivity contribution in [3.63, 3.8) is 0 Å². The number of benzene rings is 2. The van der Waals surface area contributed by atoms with Crippen LogP contribution < -0.4 is 4.74 Å². The first kappa shape index (κ1) is 42.7. The van der Waals surface area contributed by atoms with Crippen molar-refractivity contribution >= 4 is 5.97 Å². The Morgan fingerprint density at radius 2 is 0.981 bits per heavy atom. The lowest BCUT2D eigenvalue weighted by atomic mass is 9.99. The molecule has 0 radical (unpaired) electrons. The van der Waals surface area contributed by atoms with Crippen LogP contribution in [0.2, 0.25) is 0 Å². The fourth-order valence-electron chi connectivity index (χ4n) is 7.20. The number of hydrogen-bond acceptors (Lipinski definition) is 5. The number of esters is 1. The molecule has 0 spiro atoms. The molecule has 5 nitrogen and oxygen atoms in total. The van der Waals surface area contributed by atoms with Crippen molar-refractivity contribution in [2.24, 2.45) is 0 Å². The number of aromatic nitrogens is 2. The van der Waals surface area contributed by atoms with Crippen LogP contribution in [0.1, 0.15) is 164 Å². The number of carbonyl (C=O) groups excluding carboxylic acids is 1. The maximum absolute atomic E-state index is 12.6. The molecule has 0 saturated heterocycles. The average Bonchev–Trinajstić information content (AvgIpc) is 3.20. The summed E-state index contributed by atoms with van der Waals surface area (Å²) in [6, 6.07) is 20.6. The minimum atomic E-state index is -0.306. The summed E-state index contributed by atoms with van der Waals surface area (Å²) in [6.07, 6.45) is 29.4. The van der Waals surface area contributed by atoms with Gasteiger partial charge in [0.2, 0.25) is 0 Å². The van der Waals surface area contributed by atoms with Gasteiger partial charge >= 0.3 is 5.97 Å². The predicted octanol–water partition coefficient (Wildman–Crippen LogP) is 14.5. The van der Waals surface area contributed by atoms with Crippen molar-refractivity contribution in [3.8, 4) is 39.4 Å². The van der Waals surface area contributed by atoms with E-state index in [4.69, 9.17) is 14.5 Å². The van der Waals surface area contributed by atoms with Gasteiger partial charge in [-0.05, 0) is 79.8 Å². The molecule has 0 amide bonds. The zero-order valence-electron chi connectivity index (χ0n) is 34.1. The summed E-state index contributed by atoms with van der Waals surface area (Å²) >= 11 is 0. The second-order valence-electron chi connectivity index (χ2n) is 15.2. The second kappa shape index (κ2) is 25.2. The van der Waals surface area contributed by atoms with Crippen molar-refractivity contribution in [1.29, 1.82) is 0 Å². The number of pyridine rings is 2. The minimum Gasteiger partial charge on any atom is -0.493 e. The van der Waals surface area contributed by atoms with Gasteiger partial charge in [0.25, 0.3) is 0 Å². The van der Waals surface area contributed by atoms with E-state index in [0.29, 0.717) is 12.2 Å². The quantitative estimate of drug-likeness (QED) is 0.0451. The SMILES string of the molecule is CCCCCCCCCCCCOC(=O)c1ccc(-c2cccc(-c3ccc(-c4cc(C)c(OCCCCCCCCCCCC)c(C)c4)cn3)c2)nc1. The molecule has 4 rings (SSSR count). The average molecular weight is 733 g/mol. The van der Waals surface area contributed by atoms with Gasteiger partial charge in [-0.25, -0.2) is 4.79 Å². The molecule has 292 valence electrons. The van der Waals surface area contributed by atoms with Gasteiger partial charge in [-0.2, -0.15) is 0 Å². The van der Waals surface area contributed by atoms with E-state index in [-0.39, 0.29) is 5.97 Å². The summed E-state index contributed by atoms with van der Waals surface area (Å²) in [6.45, 7) is 10.1. The van der Waals surface area contributed by atoms with Crippen molar-refractivity contribution < 1.29 is 14.3 Å². The summed E-state index contributed by atoms with van der Waals surface area (Å²) < 4.78 is 11.8. The van der Waals surface area contributed by atoms with E-state index in [1.807, 2.05) is 24.4 Å². The standard InChI is InChI=1S/C49H68N2O3/c1-5-7-9-11-13-15-17-19-21-23-32-53-48-39(3)34-45(35-40(48)4)43-28-30-46(50-37-43)41-26-25-27-42(36-41)47-31-29-44(38-51-47)49(52)54-33-24-22-20-18-16-14-12-10-8-6-2/h25-31,34-38H,5-24,32-33H2,1-4H3. The first-order chi connectivity index (χ1) is 26.5. The van der Waals surface area contributed by atoms with Crippen molar-refractivity contribution in [2.45, 2.75) is 156 Å².